The van der Waals surface area contributed by atoms with Crippen molar-refractivity contribution in [3.8, 4) is 5.88 Å². The number of aromatic nitrogens is 1. The van der Waals surface area contributed by atoms with Crippen molar-refractivity contribution in [1.82, 2.24) is 9.88 Å². The lowest BCUT2D eigenvalue weighted by molar-refractivity contribution is -0.118. The molecule has 134 valence electrons. The summed E-state index contributed by atoms with van der Waals surface area (Å²) in [6.07, 6.45) is 5.49. The summed E-state index contributed by atoms with van der Waals surface area (Å²) in [5.41, 5.74) is 2.25. The Morgan fingerprint density at radius 2 is 2.15 bits per heavy atom. The van der Waals surface area contributed by atoms with Gasteiger partial charge in [-0.3, -0.25) is 9.59 Å². The highest BCUT2D eigenvalue weighted by molar-refractivity contribution is 5.99. The molecule has 0 saturated carbocycles. The second kappa shape index (κ2) is 7.15. The Labute approximate surface area is 152 Å². The van der Waals surface area contributed by atoms with Crippen LogP contribution in [0.15, 0.2) is 42.6 Å². The van der Waals surface area contributed by atoms with Crippen LogP contribution in [0.3, 0.4) is 0 Å². The average Bonchev–Trinajstić information content (AvgIpc) is 3.14. The number of benzene rings is 1. The molecule has 2 aromatic rings. The van der Waals surface area contributed by atoms with Gasteiger partial charge in [-0.25, -0.2) is 4.98 Å². The number of pyridine rings is 1. The first-order chi connectivity index (χ1) is 12.7. The normalized spacial score (nSPS) is 18.8. The fraction of sp³-hybridized carbons (Fsp3) is 0.350. The lowest BCUT2D eigenvalue weighted by atomic mass is 10.0. The van der Waals surface area contributed by atoms with Crippen LogP contribution in [0.1, 0.15) is 35.2 Å². The van der Waals surface area contributed by atoms with Crippen LogP contribution >= 0.6 is 0 Å². The molecular formula is C20H21N3O3. The van der Waals surface area contributed by atoms with E-state index >= 15 is 0 Å². The van der Waals surface area contributed by atoms with Gasteiger partial charge in [0.05, 0.1) is 5.56 Å². The van der Waals surface area contributed by atoms with E-state index in [9.17, 15) is 9.59 Å². The van der Waals surface area contributed by atoms with Gasteiger partial charge in [0.2, 0.25) is 5.88 Å². The quantitative estimate of drug-likeness (QED) is 0.919. The largest absolute Gasteiger partial charge is 0.466 e. The summed E-state index contributed by atoms with van der Waals surface area (Å²) >= 11 is 0. The highest BCUT2D eigenvalue weighted by atomic mass is 16.5. The summed E-state index contributed by atoms with van der Waals surface area (Å²) in [5, 5.41) is 2.71. The maximum absolute atomic E-state index is 13.0. The summed E-state index contributed by atoms with van der Waals surface area (Å²) in [4.78, 5) is 30.6. The van der Waals surface area contributed by atoms with Crippen molar-refractivity contribution in [2.24, 2.45) is 0 Å². The van der Waals surface area contributed by atoms with Gasteiger partial charge in [-0.15, -0.1) is 0 Å². The minimum Gasteiger partial charge on any atom is -0.466 e. The van der Waals surface area contributed by atoms with Crippen molar-refractivity contribution in [3.63, 3.8) is 0 Å². The van der Waals surface area contributed by atoms with Crippen LogP contribution in [0.25, 0.3) is 0 Å². The zero-order valence-corrected chi connectivity index (χ0v) is 14.5. The maximum atomic E-state index is 13.0. The zero-order chi connectivity index (χ0) is 17.9. The molecule has 0 bridgehead atoms. The standard InChI is InChI=1S/C20H21N3O3/c24-18-13-26-19-17(22-18)11-15(12-21-19)20(25)23-10-4-7-16(23)9-8-14-5-2-1-3-6-14/h1-3,5-6,11-12,16H,4,7-10,13H2,(H,22,24). The second-order valence-corrected chi connectivity index (χ2v) is 6.73. The molecule has 1 aromatic carbocycles. The number of aryl methyl sites for hydroxylation is 1. The molecule has 3 heterocycles. The van der Waals surface area contributed by atoms with Crippen molar-refractivity contribution in [2.75, 3.05) is 18.5 Å². The minimum absolute atomic E-state index is 0.0318. The van der Waals surface area contributed by atoms with Crippen LogP contribution in [0, 0.1) is 0 Å². The molecule has 0 aliphatic carbocycles. The van der Waals surface area contributed by atoms with Gasteiger partial charge in [-0.2, -0.15) is 0 Å². The lowest BCUT2D eigenvalue weighted by Gasteiger charge is -2.25. The molecule has 0 spiro atoms. The third kappa shape index (κ3) is 3.40. The monoisotopic (exact) mass is 351 g/mol. The number of carbonyl (C=O) groups is 2. The second-order valence-electron chi connectivity index (χ2n) is 6.73. The molecule has 2 aliphatic heterocycles. The molecule has 2 amide bonds. The number of likely N-dealkylation sites (tertiary alicyclic amines) is 1. The molecule has 6 heteroatoms. The van der Waals surface area contributed by atoms with Gasteiger partial charge in [0.25, 0.3) is 11.8 Å². The number of rotatable bonds is 4. The van der Waals surface area contributed by atoms with E-state index in [1.807, 2.05) is 23.1 Å². The molecule has 1 saturated heterocycles. The number of nitrogens with one attached hydrogen (secondary N) is 1. The van der Waals surface area contributed by atoms with E-state index in [0.717, 1.165) is 32.2 Å². The molecule has 1 aromatic heterocycles. The highest BCUT2D eigenvalue weighted by Gasteiger charge is 2.30. The van der Waals surface area contributed by atoms with Crippen molar-refractivity contribution in [3.05, 3.63) is 53.7 Å². The van der Waals surface area contributed by atoms with E-state index in [1.54, 1.807) is 6.07 Å². The minimum atomic E-state index is -0.231. The molecule has 0 radical (unpaired) electrons. The zero-order valence-electron chi connectivity index (χ0n) is 14.5. The third-order valence-electron chi connectivity index (χ3n) is 4.96. The lowest BCUT2D eigenvalue weighted by Crippen LogP contribution is -2.36. The first-order valence-electron chi connectivity index (χ1n) is 8.98. The van der Waals surface area contributed by atoms with Crippen LogP contribution in [0.2, 0.25) is 0 Å². The van der Waals surface area contributed by atoms with Crippen molar-refractivity contribution >= 4 is 17.5 Å². The van der Waals surface area contributed by atoms with Crippen LogP contribution in [-0.4, -0.2) is 40.9 Å². The fourth-order valence-electron chi connectivity index (χ4n) is 3.64. The number of hydrogen-bond acceptors (Lipinski definition) is 4. The summed E-state index contributed by atoms with van der Waals surface area (Å²) in [5.74, 6) is 0.102. The fourth-order valence-corrected chi connectivity index (χ4v) is 3.64. The number of ether oxygens (including phenoxy) is 1. The maximum Gasteiger partial charge on any atom is 0.262 e. The van der Waals surface area contributed by atoms with E-state index < -0.39 is 0 Å². The molecule has 6 nitrogen and oxygen atoms in total. The van der Waals surface area contributed by atoms with E-state index in [1.165, 1.54) is 11.8 Å². The number of carbonyl (C=O) groups excluding carboxylic acids is 2. The molecule has 26 heavy (non-hydrogen) atoms. The van der Waals surface area contributed by atoms with Crippen molar-refractivity contribution < 1.29 is 14.3 Å². The van der Waals surface area contributed by atoms with Gasteiger partial charge >= 0.3 is 0 Å². The number of amides is 2. The summed E-state index contributed by atoms with van der Waals surface area (Å²) in [6.45, 7) is 0.721. The molecule has 2 aliphatic rings. The summed E-state index contributed by atoms with van der Waals surface area (Å²) < 4.78 is 5.26. The highest BCUT2D eigenvalue weighted by Crippen LogP contribution is 2.28. The Bertz CT molecular complexity index is 822. The van der Waals surface area contributed by atoms with Crippen molar-refractivity contribution in [2.45, 2.75) is 31.7 Å². The number of anilines is 1. The van der Waals surface area contributed by atoms with Gasteiger partial charge in [-0.05, 0) is 37.3 Å². The smallest absolute Gasteiger partial charge is 0.262 e. The van der Waals surface area contributed by atoms with Crippen LogP contribution in [0.4, 0.5) is 5.69 Å². The van der Waals surface area contributed by atoms with Crippen LogP contribution < -0.4 is 10.1 Å². The van der Waals surface area contributed by atoms with Crippen LogP contribution in [-0.2, 0) is 11.2 Å². The predicted molar refractivity (Wildman–Crippen MR) is 97.2 cm³/mol. The Kier molecular flexibility index (Phi) is 4.56. The molecule has 1 N–H and O–H groups in total. The third-order valence-corrected chi connectivity index (χ3v) is 4.96. The van der Waals surface area contributed by atoms with E-state index in [-0.39, 0.29) is 24.5 Å². The Morgan fingerprint density at radius 3 is 3.00 bits per heavy atom. The Balaban J connectivity index is 1.46. The molecule has 1 fully saturated rings. The van der Waals surface area contributed by atoms with E-state index in [4.69, 9.17) is 4.74 Å². The Hall–Kier alpha value is -2.89. The first-order valence-corrected chi connectivity index (χ1v) is 8.98. The van der Waals surface area contributed by atoms with Crippen molar-refractivity contribution in [1.29, 1.82) is 0 Å². The molecular weight excluding hydrogens is 330 g/mol. The van der Waals surface area contributed by atoms with Gasteiger partial charge in [0.1, 0.15) is 5.69 Å². The number of hydrogen-bond donors (Lipinski definition) is 1. The van der Waals surface area contributed by atoms with Crippen LogP contribution in [0.5, 0.6) is 5.88 Å². The van der Waals surface area contributed by atoms with Gasteiger partial charge in [-0.1, -0.05) is 30.3 Å². The molecule has 4 rings (SSSR count). The topological polar surface area (TPSA) is 71.5 Å². The van der Waals surface area contributed by atoms with E-state index in [2.05, 4.69) is 22.4 Å². The summed E-state index contributed by atoms with van der Waals surface area (Å²) in [6, 6.07) is 12.2. The first kappa shape index (κ1) is 16.6. The SMILES string of the molecule is O=C1COc2ncc(C(=O)N3CCCC3CCc3ccccc3)cc2N1. The van der Waals surface area contributed by atoms with Gasteiger partial charge in [0.15, 0.2) is 6.61 Å². The van der Waals surface area contributed by atoms with E-state index in [0.29, 0.717) is 17.1 Å². The number of fused-ring (bicyclic) bond motifs is 1. The summed E-state index contributed by atoms with van der Waals surface area (Å²) in [7, 11) is 0. The predicted octanol–water partition coefficient (Wildman–Crippen LogP) is 2.65. The average molecular weight is 351 g/mol. The van der Waals surface area contributed by atoms with Gasteiger partial charge < -0.3 is 15.0 Å². The number of nitrogens with zero attached hydrogens (tertiary/aromatic N) is 2. The molecule has 1 unspecified atom stereocenters. The molecule has 1 atom stereocenters. The van der Waals surface area contributed by atoms with Gasteiger partial charge in [0, 0.05) is 18.8 Å². The Morgan fingerprint density at radius 1 is 1.31 bits per heavy atom.